The lowest BCUT2D eigenvalue weighted by atomic mass is 9.95. The summed E-state index contributed by atoms with van der Waals surface area (Å²) in [6.07, 6.45) is 0. The first-order chi connectivity index (χ1) is 20.4. The minimum absolute atomic E-state index is 0.00857. The number of pyridine rings is 1. The second-order valence-electron chi connectivity index (χ2n) is 9.31. The number of esters is 1. The van der Waals surface area contributed by atoms with E-state index in [1.807, 2.05) is 30.3 Å². The van der Waals surface area contributed by atoms with Gasteiger partial charge in [-0.1, -0.05) is 42.5 Å². The Hall–Kier alpha value is -5.44. The first-order valence-electron chi connectivity index (χ1n) is 13.0. The lowest BCUT2D eigenvalue weighted by molar-refractivity contribution is 0.0591. The highest BCUT2D eigenvalue weighted by Gasteiger charge is 2.28. The summed E-state index contributed by atoms with van der Waals surface area (Å²) >= 11 is 0. The van der Waals surface area contributed by atoms with Crippen molar-refractivity contribution in [2.45, 2.75) is 6.61 Å². The summed E-state index contributed by atoms with van der Waals surface area (Å²) in [5, 5.41) is 0.758. The second-order valence-corrected chi connectivity index (χ2v) is 9.31. The van der Waals surface area contributed by atoms with Gasteiger partial charge in [-0.15, -0.1) is 0 Å². The normalized spacial score (nSPS) is 10.8. The maximum absolute atomic E-state index is 14.4. The molecule has 0 amide bonds. The number of benzene rings is 4. The third-order valence-corrected chi connectivity index (χ3v) is 6.89. The van der Waals surface area contributed by atoms with E-state index in [2.05, 4.69) is 0 Å². The molecule has 9 nitrogen and oxygen atoms in total. The molecule has 0 radical (unpaired) electrons. The highest BCUT2D eigenvalue weighted by molar-refractivity contribution is 6.09. The van der Waals surface area contributed by atoms with E-state index in [0.29, 0.717) is 50.9 Å². The van der Waals surface area contributed by atoms with Gasteiger partial charge >= 0.3 is 5.97 Å². The number of nitrogens with two attached hydrogens (primary N) is 1. The maximum atomic E-state index is 14.4. The van der Waals surface area contributed by atoms with Crippen LogP contribution in [-0.4, -0.2) is 39.0 Å². The van der Waals surface area contributed by atoms with E-state index in [1.165, 1.54) is 33.0 Å². The molecule has 1 aromatic heterocycles. The Morgan fingerprint density at radius 2 is 1.45 bits per heavy atom. The molecule has 5 aromatic rings. The van der Waals surface area contributed by atoms with Gasteiger partial charge in [-0.05, 0) is 53.6 Å². The summed E-state index contributed by atoms with van der Waals surface area (Å²) in [6.45, 7) is 0.236. The molecule has 0 fully saturated rings. The first kappa shape index (κ1) is 28.1. The molecule has 2 N–H and O–H groups in total. The molecule has 9 heteroatoms. The Morgan fingerprint density at radius 1 is 0.786 bits per heavy atom. The van der Waals surface area contributed by atoms with Gasteiger partial charge in [0.2, 0.25) is 5.75 Å². The molecule has 42 heavy (non-hydrogen) atoms. The van der Waals surface area contributed by atoms with Crippen molar-refractivity contribution in [3.8, 4) is 39.8 Å². The van der Waals surface area contributed by atoms with Gasteiger partial charge in [0.15, 0.2) is 11.5 Å². The fourth-order valence-electron chi connectivity index (χ4n) is 4.95. The van der Waals surface area contributed by atoms with E-state index < -0.39 is 11.5 Å². The number of aromatic nitrogens is 1. The number of ether oxygens (including phenoxy) is 5. The number of hydrogen-bond donors (Lipinski definition) is 1. The van der Waals surface area contributed by atoms with Gasteiger partial charge in [-0.2, -0.15) is 0 Å². The average molecular weight is 567 g/mol. The summed E-state index contributed by atoms with van der Waals surface area (Å²) in [4.78, 5) is 28.0. The van der Waals surface area contributed by atoms with E-state index >= 15 is 0 Å². The highest BCUT2D eigenvalue weighted by Crippen LogP contribution is 2.44. The number of methoxy groups -OCH3 is 4. The standard InChI is InChI=1S/C33H30N2O7/c1-38-26-17-21(18-27(39-2)31(26)40-3)28-24-11-8-12-25(42-19-20-9-6-5-7-10-20)29(24)32(36)35(30(28)33(37)41-4)23-15-13-22(34)14-16-23/h5-18H,19,34H2,1-4H3. The zero-order valence-corrected chi connectivity index (χ0v) is 23.7. The molecule has 1 heterocycles. The number of nitrogen functional groups attached to an aromatic ring is 1. The predicted octanol–water partition coefficient (Wildman–Crippen LogP) is 5.63. The van der Waals surface area contributed by atoms with Crippen LogP contribution in [-0.2, 0) is 11.3 Å². The minimum atomic E-state index is -0.717. The van der Waals surface area contributed by atoms with Crippen molar-refractivity contribution in [1.29, 1.82) is 0 Å². The topological polar surface area (TPSA) is 111 Å². The van der Waals surface area contributed by atoms with Gasteiger partial charge in [0.1, 0.15) is 18.1 Å². The monoisotopic (exact) mass is 566 g/mol. The van der Waals surface area contributed by atoms with Crippen LogP contribution < -0.4 is 30.2 Å². The van der Waals surface area contributed by atoms with Crippen molar-refractivity contribution in [3.05, 3.63) is 107 Å². The van der Waals surface area contributed by atoms with E-state index in [1.54, 1.807) is 54.6 Å². The SMILES string of the molecule is COC(=O)c1c(-c2cc(OC)c(OC)c(OC)c2)c2cccc(OCc3ccccc3)c2c(=O)n1-c1ccc(N)cc1. The molecule has 0 bridgehead atoms. The zero-order chi connectivity index (χ0) is 29.8. The molecule has 4 aromatic carbocycles. The van der Waals surface area contributed by atoms with Crippen molar-refractivity contribution >= 4 is 22.4 Å². The average Bonchev–Trinajstić information content (AvgIpc) is 3.03. The number of hydrogen-bond acceptors (Lipinski definition) is 8. The number of anilines is 1. The Bertz CT molecular complexity index is 1790. The molecule has 0 aliphatic rings. The largest absolute Gasteiger partial charge is 0.493 e. The van der Waals surface area contributed by atoms with E-state index in [0.717, 1.165) is 5.56 Å². The third kappa shape index (κ3) is 5.08. The Morgan fingerprint density at radius 3 is 2.05 bits per heavy atom. The molecule has 5 rings (SSSR count). The van der Waals surface area contributed by atoms with Crippen LogP contribution in [0.3, 0.4) is 0 Å². The van der Waals surface area contributed by atoms with Gasteiger partial charge in [0.05, 0.1) is 33.8 Å². The quantitative estimate of drug-likeness (QED) is 0.181. The van der Waals surface area contributed by atoms with Gasteiger partial charge in [-0.3, -0.25) is 9.36 Å². The van der Waals surface area contributed by atoms with Crippen molar-refractivity contribution < 1.29 is 28.5 Å². The van der Waals surface area contributed by atoms with Crippen LogP contribution in [0.15, 0.2) is 89.7 Å². The fourth-order valence-corrected chi connectivity index (χ4v) is 4.95. The number of carbonyl (C=O) groups is 1. The molecule has 0 unspecified atom stereocenters. The van der Waals surface area contributed by atoms with Crippen molar-refractivity contribution in [2.24, 2.45) is 0 Å². The Kier molecular flexibility index (Phi) is 8.01. The van der Waals surface area contributed by atoms with Gasteiger partial charge < -0.3 is 29.4 Å². The lowest BCUT2D eigenvalue weighted by Crippen LogP contribution is -2.27. The molecule has 214 valence electrons. The predicted molar refractivity (Wildman–Crippen MR) is 161 cm³/mol. The molecule has 0 spiro atoms. The van der Waals surface area contributed by atoms with Gasteiger partial charge in [0, 0.05) is 22.3 Å². The summed E-state index contributed by atoms with van der Waals surface area (Å²) in [5.41, 5.74) is 8.29. The van der Waals surface area contributed by atoms with E-state index in [9.17, 15) is 9.59 Å². The molecule has 0 saturated heterocycles. The van der Waals surface area contributed by atoms with Crippen molar-refractivity contribution in [1.82, 2.24) is 4.57 Å². The fraction of sp³-hybridized carbons (Fsp3) is 0.152. The van der Waals surface area contributed by atoms with Crippen LogP contribution in [0.4, 0.5) is 5.69 Å². The number of rotatable bonds is 9. The van der Waals surface area contributed by atoms with Crippen molar-refractivity contribution in [3.63, 3.8) is 0 Å². The third-order valence-electron chi connectivity index (χ3n) is 6.89. The van der Waals surface area contributed by atoms with E-state index in [-0.39, 0.29) is 17.7 Å². The van der Waals surface area contributed by atoms with Crippen LogP contribution in [0.5, 0.6) is 23.0 Å². The Balaban J connectivity index is 1.91. The summed E-state index contributed by atoms with van der Waals surface area (Å²) < 4.78 is 29.5. The number of fused-ring (bicyclic) bond motifs is 1. The summed E-state index contributed by atoms with van der Waals surface area (Å²) in [6, 6.07) is 25.0. The van der Waals surface area contributed by atoms with Crippen LogP contribution in [0.1, 0.15) is 16.1 Å². The van der Waals surface area contributed by atoms with Crippen LogP contribution >= 0.6 is 0 Å². The van der Waals surface area contributed by atoms with Crippen LogP contribution in [0.25, 0.3) is 27.6 Å². The molecular weight excluding hydrogens is 536 g/mol. The summed E-state index contributed by atoms with van der Waals surface area (Å²) in [7, 11) is 5.78. The number of carbonyl (C=O) groups excluding carboxylic acids is 1. The van der Waals surface area contributed by atoms with Gasteiger partial charge in [-0.25, -0.2) is 4.79 Å². The highest BCUT2D eigenvalue weighted by atomic mass is 16.5. The van der Waals surface area contributed by atoms with E-state index in [4.69, 9.17) is 29.4 Å². The molecule has 0 aliphatic heterocycles. The maximum Gasteiger partial charge on any atom is 0.355 e. The number of nitrogens with zero attached hydrogens (tertiary/aromatic N) is 1. The zero-order valence-electron chi connectivity index (χ0n) is 23.7. The van der Waals surface area contributed by atoms with Gasteiger partial charge in [0.25, 0.3) is 5.56 Å². The summed E-state index contributed by atoms with van der Waals surface area (Å²) in [5.74, 6) is 0.766. The Labute approximate surface area is 242 Å². The minimum Gasteiger partial charge on any atom is -0.493 e. The van der Waals surface area contributed by atoms with Crippen molar-refractivity contribution in [2.75, 3.05) is 34.2 Å². The molecular formula is C33H30N2O7. The van der Waals surface area contributed by atoms with Crippen LogP contribution in [0.2, 0.25) is 0 Å². The first-order valence-corrected chi connectivity index (χ1v) is 13.0. The smallest absolute Gasteiger partial charge is 0.355 e. The van der Waals surface area contributed by atoms with Crippen LogP contribution in [0, 0.1) is 0 Å². The second kappa shape index (κ2) is 12.0. The lowest BCUT2D eigenvalue weighted by Gasteiger charge is -2.21. The molecule has 0 aliphatic carbocycles. The molecule has 0 saturated carbocycles. The molecule has 0 atom stereocenters.